The van der Waals surface area contributed by atoms with Crippen molar-refractivity contribution in [2.45, 2.75) is 19.8 Å². The van der Waals surface area contributed by atoms with Crippen LogP contribution in [-0.4, -0.2) is 25.7 Å². The second-order valence-electron chi connectivity index (χ2n) is 4.74. The van der Waals surface area contributed by atoms with E-state index in [1.165, 1.54) is 0 Å². The Balaban J connectivity index is 2.24. The Morgan fingerprint density at radius 2 is 2.00 bits per heavy atom. The zero-order valence-electron chi connectivity index (χ0n) is 11.4. The van der Waals surface area contributed by atoms with E-state index in [4.69, 9.17) is 4.74 Å². The molecule has 1 aliphatic heterocycles. The number of piperidine rings is 1. The first-order valence-corrected chi connectivity index (χ1v) is 6.95. The van der Waals surface area contributed by atoms with Gasteiger partial charge in [-0.05, 0) is 49.9 Å². The van der Waals surface area contributed by atoms with E-state index in [0.29, 0.717) is 12.5 Å². The van der Waals surface area contributed by atoms with Gasteiger partial charge >= 0.3 is 5.97 Å². The average molecular weight is 259 g/mol. The Labute approximate surface area is 114 Å². The molecule has 1 aliphatic rings. The molecule has 0 saturated carbocycles. The lowest BCUT2D eigenvalue weighted by Crippen LogP contribution is -2.28. The highest BCUT2D eigenvalue weighted by molar-refractivity contribution is 5.91. The fourth-order valence-corrected chi connectivity index (χ4v) is 2.51. The summed E-state index contributed by atoms with van der Waals surface area (Å²) < 4.78 is 5.05. The number of nitrogens with one attached hydrogen (secondary N) is 1. The van der Waals surface area contributed by atoms with Crippen molar-refractivity contribution in [3.8, 4) is 0 Å². The number of carbonyl (C=O) groups excluding carboxylic acids is 1. The second-order valence-corrected chi connectivity index (χ2v) is 4.74. The van der Waals surface area contributed by atoms with Crippen LogP contribution in [0.2, 0.25) is 0 Å². The minimum atomic E-state index is -0.236. The van der Waals surface area contributed by atoms with Crippen molar-refractivity contribution in [2.75, 3.05) is 19.7 Å². The van der Waals surface area contributed by atoms with E-state index in [0.717, 1.165) is 37.1 Å². The monoisotopic (exact) mass is 259 g/mol. The van der Waals surface area contributed by atoms with Crippen LogP contribution in [0.5, 0.6) is 0 Å². The molecule has 0 aromatic heterocycles. The Morgan fingerprint density at radius 3 is 2.63 bits per heavy atom. The molecule has 0 spiro atoms. The lowest BCUT2D eigenvalue weighted by molar-refractivity contribution is -0.137. The Kier molecular flexibility index (Phi) is 5.16. The van der Waals surface area contributed by atoms with Gasteiger partial charge < -0.3 is 10.1 Å². The largest absolute Gasteiger partial charge is 0.463 e. The second kappa shape index (κ2) is 7.10. The van der Waals surface area contributed by atoms with E-state index in [9.17, 15) is 4.79 Å². The van der Waals surface area contributed by atoms with Crippen molar-refractivity contribution in [1.82, 2.24) is 5.32 Å². The molecule has 2 rings (SSSR count). The van der Waals surface area contributed by atoms with E-state index in [1.807, 2.05) is 25.1 Å². The molecule has 0 bridgehead atoms. The quantitative estimate of drug-likeness (QED) is 0.667. The summed E-state index contributed by atoms with van der Waals surface area (Å²) in [4.78, 5) is 11.8. The molecule has 1 aromatic carbocycles. The molecule has 1 heterocycles. The average Bonchev–Trinajstić information content (AvgIpc) is 2.47. The number of ether oxygens (including phenoxy) is 1. The summed E-state index contributed by atoms with van der Waals surface area (Å²) in [6, 6.07) is 10.1. The zero-order chi connectivity index (χ0) is 13.5. The van der Waals surface area contributed by atoms with E-state index < -0.39 is 0 Å². The lowest BCUT2D eigenvalue weighted by Gasteiger charge is -2.25. The molecule has 19 heavy (non-hydrogen) atoms. The molecule has 0 amide bonds. The minimum Gasteiger partial charge on any atom is -0.463 e. The fraction of sp³-hybridized carbons (Fsp3) is 0.438. The smallest absolute Gasteiger partial charge is 0.331 e. The van der Waals surface area contributed by atoms with Crippen LogP contribution in [0, 0.1) is 5.92 Å². The molecule has 0 unspecified atom stereocenters. The first-order valence-electron chi connectivity index (χ1n) is 6.95. The van der Waals surface area contributed by atoms with Gasteiger partial charge in [0, 0.05) is 6.08 Å². The minimum absolute atomic E-state index is 0.236. The van der Waals surface area contributed by atoms with E-state index in [2.05, 4.69) is 17.4 Å². The summed E-state index contributed by atoms with van der Waals surface area (Å²) >= 11 is 0. The number of hydrogen-bond donors (Lipinski definition) is 1. The van der Waals surface area contributed by atoms with Gasteiger partial charge in [-0.15, -0.1) is 0 Å². The highest BCUT2D eigenvalue weighted by Crippen LogP contribution is 2.30. The summed E-state index contributed by atoms with van der Waals surface area (Å²) in [5.41, 5.74) is 2.24. The number of esters is 1. The maximum atomic E-state index is 11.8. The summed E-state index contributed by atoms with van der Waals surface area (Å²) in [5, 5.41) is 3.36. The lowest BCUT2D eigenvalue weighted by atomic mass is 9.85. The molecular weight excluding hydrogens is 238 g/mol. The highest BCUT2D eigenvalue weighted by Gasteiger charge is 2.20. The van der Waals surface area contributed by atoms with Crippen molar-refractivity contribution in [1.29, 1.82) is 0 Å². The molecule has 0 atom stereocenters. The van der Waals surface area contributed by atoms with Crippen molar-refractivity contribution < 1.29 is 9.53 Å². The maximum absolute atomic E-state index is 11.8. The fourth-order valence-electron chi connectivity index (χ4n) is 2.51. The van der Waals surface area contributed by atoms with Gasteiger partial charge in [0.25, 0.3) is 0 Å². The molecule has 3 nitrogen and oxygen atoms in total. The number of hydrogen-bond acceptors (Lipinski definition) is 3. The Morgan fingerprint density at radius 1 is 1.32 bits per heavy atom. The van der Waals surface area contributed by atoms with Crippen LogP contribution in [0.25, 0.3) is 5.57 Å². The molecule has 1 aromatic rings. The van der Waals surface area contributed by atoms with Gasteiger partial charge in [0.05, 0.1) is 6.61 Å². The standard InChI is InChI=1S/C16H21NO2/c1-2-19-16(18)12-15(13-6-4-3-5-7-13)14-8-10-17-11-9-14/h3-7,12,14,17H,2,8-11H2,1H3/b15-12+. The van der Waals surface area contributed by atoms with Crippen molar-refractivity contribution >= 4 is 11.5 Å². The molecular formula is C16H21NO2. The molecule has 0 radical (unpaired) electrons. The van der Waals surface area contributed by atoms with Gasteiger partial charge in [-0.3, -0.25) is 0 Å². The van der Waals surface area contributed by atoms with E-state index in [1.54, 1.807) is 6.08 Å². The topological polar surface area (TPSA) is 38.3 Å². The normalized spacial score (nSPS) is 17.2. The molecule has 102 valence electrons. The number of carbonyl (C=O) groups is 1. The third-order valence-electron chi connectivity index (χ3n) is 3.45. The predicted octanol–water partition coefficient (Wildman–Crippen LogP) is 2.63. The predicted molar refractivity (Wildman–Crippen MR) is 76.6 cm³/mol. The Hall–Kier alpha value is -1.61. The van der Waals surface area contributed by atoms with Gasteiger partial charge in [-0.25, -0.2) is 4.79 Å². The molecule has 1 N–H and O–H groups in total. The van der Waals surface area contributed by atoms with Gasteiger partial charge in [0.2, 0.25) is 0 Å². The van der Waals surface area contributed by atoms with Crippen LogP contribution in [0.15, 0.2) is 36.4 Å². The third-order valence-corrected chi connectivity index (χ3v) is 3.45. The summed E-state index contributed by atoms with van der Waals surface area (Å²) in [7, 11) is 0. The molecule has 0 aliphatic carbocycles. The summed E-state index contributed by atoms with van der Waals surface area (Å²) in [6.07, 6.45) is 3.81. The van der Waals surface area contributed by atoms with Crippen molar-refractivity contribution in [2.24, 2.45) is 5.92 Å². The van der Waals surface area contributed by atoms with Crippen LogP contribution in [0.3, 0.4) is 0 Å². The first-order chi connectivity index (χ1) is 9.31. The molecule has 1 saturated heterocycles. The van der Waals surface area contributed by atoms with Crippen LogP contribution in [0.4, 0.5) is 0 Å². The maximum Gasteiger partial charge on any atom is 0.331 e. The third kappa shape index (κ3) is 3.93. The van der Waals surface area contributed by atoms with Gasteiger partial charge in [-0.1, -0.05) is 30.3 Å². The van der Waals surface area contributed by atoms with Crippen molar-refractivity contribution in [3.05, 3.63) is 42.0 Å². The van der Waals surface area contributed by atoms with E-state index in [-0.39, 0.29) is 5.97 Å². The zero-order valence-corrected chi connectivity index (χ0v) is 11.4. The van der Waals surface area contributed by atoms with E-state index >= 15 is 0 Å². The Bertz CT molecular complexity index is 433. The number of rotatable bonds is 4. The highest BCUT2D eigenvalue weighted by atomic mass is 16.5. The summed E-state index contributed by atoms with van der Waals surface area (Å²) in [5.74, 6) is 0.202. The van der Waals surface area contributed by atoms with Crippen LogP contribution >= 0.6 is 0 Å². The van der Waals surface area contributed by atoms with Crippen LogP contribution < -0.4 is 5.32 Å². The number of allylic oxidation sites excluding steroid dienone is 1. The number of benzene rings is 1. The van der Waals surface area contributed by atoms with Gasteiger partial charge in [0.1, 0.15) is 0 Å². The van der Waals surface area contributed by atoms with Crippen LogP contribution in [-0.2, 0) is 9.53 Å². The SMILES string of the molecule is CCOC(=O)/C=C(\c1ccccc1)C1CCNCC1. The van der Waals surface area contributed by atoms with Gasteiger partial charge in [-0.2, -0.15) is 0 Å². The molecule has 3 heteroatoms. The van der Waals surface area contributed by atoms with Gasteiger partial charge in [0.15, 0.2) is 0 Å². The van der Waals surface area contributed by atoms with Crippen LogP contribution in [0.1, 0.15) is 25.3 Å². The summed E-state index contributed by atoms with van der Waals surface area (Å²) in [6.45, 7) is 4.28. The van der Waals surface area contributed by atoms with Crippen molar-refractivity contribution in [3.63, 3.8) is 0 Å². The first kappa shape index (κ1) is 13.8. The molecule has 1 fully saturated rings.